The molecule has 0 bridgehead atoms. The van der Waals surface area contributed by atoms with Crippen molar-refractivity contribution in [1.82, 2.24) is 0 Å². The first-order chi connectivity index (χ1) is 16.1. The predicted molar refractivity (Wildman–Crippen MR) is 131 cm³/mol. The summed E-state index contributed by atoms with van der Waals surface area (Å²) < 4.78 is 11.4. The number of carbonyl (C=O) groups excluding carboxylic acids is 1. The Morgan fingerprint density at radius 3 is 2.15 bits per heavy atom. The van der Waals surface area contributed by atoms with Crippen molar-refractivity contribution in [2.24, 2.45) is 0 Å². The highest BCUT2D eigenvalue weighted by molar-refractivity contribution is 6.19. The number of aryl methyl sites for hydroxylation is 1. The molecule has 1 aliphatic rings. The molecule has 4 aromatic rings. The van der Waals surface area contributed by atoms with Crippen molar-refractivity contribution in [2.75, 3.05) is 7.11 Å². The average molecular weight is 433 g/mol. The Balaban J connectivity index is 1.61. The number of Topliss-reactive ketones (excluding diaryl/α,β-unsaturated/α-hetero) is 1. The zero-order valence-corrected chi connectivity index (χ0v) is 18.6. The molecule has 3 nitrogen and oxygen atoms in total. The molecule has 0 saturated heterocycles. The van der Waals surface area contributed by atoms with Crippen molar-refractivity contribution < 1.29 is 14.3 Å². The lowest BCUT2D eigenvalue weighted by Gasteiger charge is -2.14. The molecule has 0 aliphatic heterocycles. The molecule has 0 fully saturated rings. The molecule has 0 radical (unpaired) electrons. The number of ether oxygens (including phenoxy) is 2. The van der Waals surface area contributed by atoms with E-state index in [9.17, 15) is 4.79 Å². The SMILES string of the molecule is COc1ccc(Oc2cccc3c2C(=O)/C(=C\c2ccc(C)cc2)[C@H]3c2ccccc2)cc1. The molecule has 1 atom stereocenters. The zero-order chi connectivity index (χ0) is 22.8. The summed E-state index contributed by atoms with van der Waals surface area (Å²) in [5, 5.41) is 0. The predicted octanol–water partition coefficient (Wildman–Crippen LogP) is 7.21. The Morgan fingerprint density at radius 2 is 1.45 bits per heavy atom. The van der Waals surface area contributed by atoms with Gasteiger partial charge in [0.25, 0.3) is 0 Å². The fraction of sp³-hybridized carbons (Fsp3) is 0.100. The van der Waals surface area contributed by atoms with Crippen LogP contribution in [0.25, 0.3) is 6.08 Å². The third-order valence-electron chi connectivity index (χ3n) is 5.99. The lowest BCUT2D eigenvalue weighted by Crippen LogP contribution is -2.02. The monoisotopic (exact) mass is 432 g/mol. The van der Waals surface area contributed by atoms with Gasteiger partial charge in [-0.1, -0.05) is 72.3 Å². The number of rotatable bonds is 5. The number of allylic oxidation sites excluding steroid dienone is 1. The number of fused-ring (bicyclic) bond motifs is 1. The van der Waals surface area contributed by atoms with E-state index in [-0.39, 0.29) is 11.7 Å². The molecule has 33 heavy (non-hydrogen) atoms. The second kappa shape index (κ2) is 8.79. The fourth-order valence-corrected chi connectivity index (χ4v) is 4.33. The summed E-state index contributed by atoms with van der Waals surface area (Å²) in [5.41, 5.74) is 5.63. The molecular weight excluding hydrogens is 408 g/mol. The Morgan fingerprint density at radius 1 is 0.758 bits per heavy atom. The van der Waals surface area contributed by atoms with Gasteiger partial charge in [-0.05, 0) is 60.0 Å². The third-order valence-corrected chi connectivity index (χ3v) is 5.99. The normalized spacial score (nSPS) is 16.0. The van der Waals surface area contributed by atoms with E-state index >= 15 is 0 Å². The van der Waals surface area contributed by atoms with E-state index in [0.717, 1.165) is 28.0 Å². The molecule has 0 aromatic heterocycles. The van der Waals surface area contributed by atoms with Crippen LogP contribution in [0.1, 0.15) is 38.5 Å². The lowest BCUT2D eigenvalue weighted by molar-refractivity contribution is 0.103. The molecule has 1 aliphatic carbocycles. The van der Waals surface area contributed by atoms with E-state index in [1.165, 1.54) is 5.56 Å². The number of carbonyl (C=O) groups is 1. The van der Waals surface area contributed by atoms with Crippen molar-refractivity contribution in [3.05, 3.63) is 130 Å². The molecule has 0 N–H and O–H groups in total. The van der Waals surface area contributed by atoms with Gasteiger partial charge in [-0.15, -0.1) is 0 Å². The van der Waals surface area contributed by atoms with Gasteiger partial charge in [0.05, 0.1) is 12.7 Å². The van der Waals surface area contributed by atoms with E-state index in [1.54, 1.807) is 7.11 Å². The largest absolute Gasteiger partial charge is 0.497 e. The summed E-state index contributed by atoms with van der Waals surface area (Å²) >= 11 is 0. The molecule has 0 heterocycles. The van der Waals surface area contributed by atoms with Gasteiger partial charge in [0.1, 0.15) is 17.2 Å². The number of methoxy groups -OCH3 is 1. The Labute approximate surface area is 193 Å². The van der Waals surface area contributed by atoms with Crippen LogP contribution in [0, 0.1) is 6.92 Å². The van der Waals surface area contributed by atoms with E-state index in [1.807, 2.05) is 66.7 Å². The maximum absolute atomic E-state index is 13.8. The van der Waals surface area contributed by atoms with E-state index < -0.39 is 0 Å². The van der Waals surface area contributed by atoms with Gasteiger partial charge in [0.2, 0.25) is 0 Å². The topological polar surface area (TPSA) is 35.5 Å². The van der Waals surface area contributed by atoms with Crippen LogP contribution in [-0.2, 0) is 0 Å². The van der Waals surface area contributed by atoms with Gasteiger partial charge in [-0.25, -0.2) is 0 Å². The minimum Gasteiger partial charge on any atom is -0.497 e. The molecular formula is C30H24O3. The van der Waals surface area contributed by atoms with Gasteiger partial charge in [-0.2, -0.15) is 0 Å². The number of hydrogen-bond donors (Lipinski definition) is 0. The van der Waals surface area contributed by atoms with Crippen LogP contribution < -0.4 is 9.47 Å². The molecule has 3 heteroatoms. The van der Waals surface area contributed by atoms with Crippen LogP contribution in [0.15, 0.2) is 103 Å². The van der Waals surface area contributed by atoms with Gasteiger partial charge in [0, 0.05) is 11.5 Å². The maximum Gasteiger partial charge on any atom is 0.194 e. The van der Waals surface area contributed by atoms with Crippen molar-refractivity contribution in [3.8, 4) is 17.2 Å². The highest BCUT2D eigenvalue weighted by Gasteiger charge is 2.38. The van der Waals surface area contributed by atoms with Crippen molar-refractivity contribution in [1.29, 1.82) is 0 Å². The summed E-state index contributed by atoms with van der Waals surface area (Å²) in [6.45, 7) is 2.06. The number of benzene rings is 4. The van der Waals surface area contributed by atoms with Gasteiger partial charge >= 0.3 is 0 Å². The minimum atomic E-state index is -0.144. The average Bonchev–Trinajstić information content (AvgIpc) is 3.13. The molecule has 0 saturated carbocycles. The maximum atomic E-state index is 13.8. The Hall–Kier alpha value is -4.11. The summed E-state index contributed by atoms with van der Waals surface area (Å²) in [4.78, 5) is 13.8. The van der Waals surface area contributed by atoms with E-state index in [0.29, 0.717) is 17.1 Å². The van der Waals surface area contributed by atoms with E-state index in [4.69, 9.17) is 9.47 Å². The Kier molecular flexibility index (Phi) is 5.54. The number of hydrogen-bond acceptors (Lipinski definition) is 3. The van der Waals surface area contributed by atoms with Crippen molar-refractivity contribution >= 4 is 11.9 Å². The highest BCUT2D eigenvalue weighted by atomic mass is 16.5. The molecule has 0 spiro atoms. The summed E-state index contributed by atoms with van der Waals surface area (Å²) in [5.74, 6) is 1.84. The first kappa shape index (κ1) is 20.8. The summed E-state index contributed by atoms with van der Waals surface area (Å²) in [6.07, 6.45) is 2.01. The molecule has 0 unspecified atom stereocenters. The van der Waals surface area contributed by atoms with Crippen molar-refractivity contribution in [3.63, 3.8) is 0 Å². The van der Waals surface area contributed by atoms with E-state index in [2.05, 4.69) is 43.3 Å². The van der Waals surface area contributed by atoms with Gasteiger partial charge in [0.15, 0.2) is 5.78 Å². The third kappa shape index (κ3) is 4.06. The first-order valence-electron chi connectivity index (χ1n) is 11.0. The summed E-state index contributed by atoms with van der Waals surface area (Å²) in [6, 6.07) is 31.6. The van der Waals surface area contributed by atoms with Crippen LogP contribution in [-0.4, -0.2) is 12.9 Å². The second-order valence-corrected chi connectivity index (χ2v) is 8.18. The molecule has 162 valence electrons. The van der Waals surface area contributed by atoms with Crippen LogP contribution in [0.2, 0.25) is 0 Å². The van der Waals surface area contributed by atoms with Gasteiger partial charge < -0.3 is 9.47 Å². The Bertz CT molecular complexity index is 1320. The van der Waals surface area contributed by atoms with Crippen molar-refractivity contribution in [2.45, 2.75) is 12.8 Å². The lowest BCUT2D eigenvalue weighted by atomic mass is 9.89. The standard InChI is InChI=1S/C30H24O3/c1-20-11-13-21(14-12-20)19-26-28(22-7-4-3-5-8-22)25-9-6-10-27(29(25)30(26)31)33-24-17-15-23(32-2)16-18-24/h3-19,28H,1-2H3/b26-19-/t28-/m0/s1. The summed E-state index contributed by atoms with van der Waals surface area (Å²) in [7, 11) is 1.63. The molecule has 0 amide bonds. The quantitative estimate of drug-likeness (QED) is 0.313. The highest BCUT2D eigenvalue weighted by Crippen LogP contribution is 2.46. The second-order valence-electron chi connectivity index (χ2n) is 8.18. The minimum absolute atomic E-state index is 0.00328. The number of ketones is 1. The van der Waals surface area contributed by atoms with Crippen LogP contribution >= 0.6 is 0 Å². The van der Waals surface area contributed by atoms with Crippen LogP contribution in [0.4, 0.5) is 0 Å². The fourth-order valence-electron chi connectivity index (χ4n) is 4.33. The van der Waals surface area contributed by atoms with Crippen LogP contribution in [0.5, 0.6) is 17.2 Å². The molecule has 4 aromatic carbocycles. The first-order valence-corrected chi connectivity index (χ1v) is 11.0. The molecule has 5 rings (SSSR count). The van der Waals surface area contributed by atoms with Gasteiger partial charge in [-0.3, -0.25) is 4.79 Å². The smallest absolute Gasteiger partial charge is 0.194 e. The van der Waals surface area contributed by atoms with Crippen LogP contribution in [0.3, 0.4) is 0 Å². The zero-order valence-electron chi connectivity index (χ0n) is 18.6.